The maximum atomic E-state index is 11.5. The van der Waals surface area contributed by atoms with E-state index in [-0.39, 0.29) is 23.4 Å². The van der Waals surface area contributed by atoms with Crippen molar-refractivity contribution in [1.29, 1.82) is 5.41 Å². The molecule has 1 aliphatic heterocycles. The molecule has 1 aliphatic rings. The van der Waals surface area contributed by atoms with Gasteiger partial charge >= 0.3 is 0 Å². The molecule has 5 nitrogen and oxygen atoms in total. The number of hydrogen-bond acceptors (Lipinski definition) is 4. The molecule has 1 saturated heterocycles. The lowest BCUT2D eigenvalue weighted by Gasteiger charge is -2.33. The second-order valence-corrected chi connectivity index (χ2v) is 7.28. The molecule has 0 bridgehead atoms. The molecule has 0 aliphatic carbocycles. The molecule has 0 spiro atoms. The molecule has 0 radical (unpaired) electrons. The number of nitrogens with two attached hydrogens (primary N) is 1. The first-order valence-corrected chi connectivity index (χ1v) is 8.07. The van der Waals surface area contributed by atoms with Crippen LogP contribution in [0, 0.1) is 5.41 Å². The van der Waals surface area contributed by atoms with E-state index in [0.29, 0.717) is 18.7 Å². The lowest BCUT2D eigenvalue weighted by atomic mass is 10.1. The third-order valence-corrected chi connectivity index (χ3v) is 5.23. The van der Waals surface area contributed by atoms with Crippen LogP contribution in [0.4, 0.5) is 0 Å². The van der Waals surface area contributed by atoms with Crippen molar-refractivity contribution in [3.63, 3.8) is 0 Å². The van der Waals surface area contributed by atoms with Gasteiger partial charge in [0, 0.05) is 24.7 Å². The molecule has 0 amide bonds. The molecule has 2 rings (SSSR count). The van der Waals surface area contributed by atoms with E-state index in [9.17, 15) is 8.42 Å². The van der Waals surface area contributed by atoms with E-state index >= 15 is 0 Å². The number of hydrogen-bond donors (Lipinski definition) is 2. The molecule has 104 valence electrons. The van der Waals surface area contributed by atoms with Gasteiger partial charge in [-0.25, -0.2) is 8.42 Å². The third-order valence-electron chi connectivity index (χ3n) is 3.43. The van der Waals surface area contributed by atoms with Crippen molar-refractivity contribution in [3.05, 3.63) is 35.4 Å². The number of nitrogen functional groups attached to an aromatic ring is 1. The Morgan fingerprint density at radius 2 is 2.26 bits per heavy atom. The van der Waals surface area contributed by atoms with E-state index in [1.165, 1.54) is 0 Å². The van der Waals surface area contributed by atoms with Crippen LogP contribution in [0.3, 0.4) is 0 Å². The molecule has 1 unspecified atom stereocenters. The van der Waals surface area contributed by atoms with E-state index in [0.717, 1.165) is 5.56 Å². The van der Waals surface area contributed by atoms with Crippen molar-refractivity contribution in [2.75, 3.05) is 18.1 Å². The van der Waals surface area contributed by atoms with Gasteiger partial charge in [0.1, 0.15) is 5.84 Å². The zero-order valence-corrected chi connectivity index (χ0v) is 11.8. The Labute approximate surface area is 113 Å². The van der Waals surface area contributed by atoms with Gasteiger partial charge in [0.2, 0.25) is 0 Å². The van der Waals surface area contributed by atoms with Crippen LogP contribution < -0.4 is 5.73 Å². The van der Waals surface area contributed by atoms with E-state index < -0.39 is 9.84 Å². The summed E-state index contributed by atoms with van der Waals surface area (Å²) < 4.78 is 23.1. The Bertz CT molecular complexity index is 583. The number of amidine groups is 1. The molecular formula is C13H19N3O2S. The smallest absolute Gasteiger partial charge is 0.153 e. The third kappa shape index (κ3) is 3.54. The Balaban J connectivity index is 2.09. The van der Waals surface area contributed by atoms with Crippen molar-refractivity contribution < 1.29 is 8.42 Å². The summed E-state index contributed by atoms with van der Waals surface area (Å²) in [6.07, 6.45) is 0. The van der Waals surface area contributed by atoms with Crippen LogP contribution >= 0.6 is 0 Å². The molecule has 0 saturated carbocycles. The van der Waals surface area contributed by atoms with E-state index in [1.807, 2.05) is 25.1 Å². The van der Waals surface area contributed by atoms with Crippen LogP contribution in [0.2, 0.25) is 0 Å². The van der Waals surface area contributed by atoms with Gasteiger partial charge in [-0.2, -0.15) is 0 Å². The highest BCUT2D eigenvalue weighted by atomic mass is 32.2. The molecule has 3 N–H and O–H groups in total. The van der Waals surface area contributed by atoms with Crippen molar-refractivity contribution in [2.24, 2.45) is 5.73 Å². The summed E-state index contributed by atoms with van der Waals surface area (Å²) in [6, 6.07) is 7.56. The number of sulfone groups is 1. The molecule has 6 heteroatoms. The van der Waals surface area contributed by atoms with Crippen molar-refractivity contribution >= 4 is 15.7 Å². The quantitative estimate of drug-likeness (QED) is 0.627. The summed E-state index contributed by atoms with van der Waals surface area (Å²) in [5.74, 6) is 0.500. The van der Waals surface area contributed by atoms with Crippen LogP contribution in [0.25, 0.3) is 0 Å². The van der Waals surface area contributed by atoms with Gasteiger partial charge in [-0.05, 0) is 18.6 Å². The first-order chi connectivity index (χ1) is 8.87. The van der Waals surface area contributed by atoms with Crippen LogP contribution in [0.5, 0.6) is 0 Å². The molecule has 1 aromatic carbocycles. The lowest BCUT2D eigenvalue weighted by molar-refractivity contribution is 0.218. The van der Waals surface area contributed by atoms with Crippen LogP contribution in [-0.4, -0.2) is 43.2 Å². The van der Waals surface area contributed by atoms with Gasteiger partial charge < -0.3 is 5.73 Å². The van der Waals surface area contributed by atoms with Crippen molar-refractivity contribution in [2.45, 2.75) is 19.5 Å². The monoisotopic (exact) mass is 281 g/mol. The van der Waals surface area contributed by atoms with E-state index in [1.54, 1.807) is 6.07 Å². The normalized spacial score (nSPS) is 23.1. The van der Waals surface area contributed by atoms with E-state index in [2.05, 4.69) is 4.90 Å². The van der Waals surface area contributed by atoms with Gasteiger partial charge in [0.05, 0.1) is 11.5 Å². The zero-order valence-electron chi connectivity index (χ0n) is 11.0. The topological polar surface area (TPSA) is 87.2 Å². The molecule has 1 atom stereocenters. The molecule has 0 aromatic heterocycles. The van der Waals surface area contributed by atoms with Gasteiger partial charge in [-0.15, -0.1) is 0 Å². The largest absolute Gasteiger partial charge is 0.384 e. The fraction of sp³-hybridized carbons (Fsp3) is 0.462. The first-order valence-electron chi connectivity index (χ1n) is 6.25. The second-order valence-electron chi connectivity index (χ2n) is 5.05. The Kier molecular flexibility index (Phi) is 3.91. The minimum Gasteiger partial charge on any atom is -0.384 e. The molecule has 1 fully saturated rings. The van der Waals surface area contributed by atoms with Crippen LogP contribution in [0.1, 0.15) is 18.1 Å². The highest BCUT2D eigenvalue weighted by Crippen LogP contribution is 2.16. The summed E-state index contributed by atoms with van der Waals surface area (Å²) in [5, 5.41) is 7.43. The van der Waals surface area contributed by atoms with Crippen molar-refractivity contribution in [3.8, 4) is 0 Å². The van der Waals surface area contributed by atoms with Crippen LogP contribution in [-0.2, 0) is 16.4 Å². The molecular weight excluding hydrogens is 262 g/mol. The standard InChI is InChI=1S/C13H19N3O2S/c1-10-9-19(17,18)6-5-16(10)8-11-3-2-4-12(7-11)13(14)15/h2-4,7,10H,5-6,8-9H2,1H3,(H3,14,15). The van der Waals surface area contributed by atoms with Crippen molar-refractivity contribution in [1.82, 2.24) is 4.90 Å². The summed E-state index contributed by atoms with van der Waals surface area (Å²) in [7, 11) is -2.87. The Morgan fingerprint density at radius 3 is 2.89 bits per heavy atom. The fourth-order valence-corrected chi connectivity index (χ4v) is 3.96. The fourth-order valence-electron chi connectivity index (χ4n) is 2.34. The van der Waals surface area contributed by atoms with E-state index in [4.69, 9.17) is 11.1 Å². The highest BCUT2D eigenvalue weighted by molar-refractivity contribution is 7.91. The lowest BCUT2D eigenvalue weighted by Crippen LogP contribution is -2.46. The Hall–Kier alpha value is -1.40. The molecule has 19 heavy (non-hydrogen) atoms. The predicted octanol–water partition coefficient (Wildman–Crippen LogP) is 0.590. The number of rotatable bonds is 3. The minimum atomic E-state index is -2.87. The maximum Gasteiger partial charge on any atom is 0.153 e. The second kappa shape index (κ2) is 5.30. The maximum absolute atomic E-state index is 11.5. The molecule has 1 heterocycles. The predicted molar refractivity (Wildman–Crippen MR) is 76.0 cm³/mol. The van der Waals surface area contributed by atoms with Gasteiger partial charge in [-0.1, -0.05) is 18.2 Å². The number of nitrogens with one attached hydrogen (secondary N) is 1. The summed E-state index contributed by atoms with van der Waals surface area (Å²) in [5.41, 5.74) is 7.23. The summed E-state index contributed by atoms with van der Waals surface area (Å²) in [4.78, 5) is 2.15. The molecule has 1 aromatic rings. The Morgan fingerprint density at radius 1 is 1.53 bits per heavy atom. The SMILES string of the molecule is CC1CS(=O)(=O)CCN1Cc1cccc(C(=N)N)c1. The first kappa shape index (κ1) is 14.0. The zero-order chi connectivity index (χ0) is 14.0. The number of benzene rings is 1. The van der Waals surface area contributed by atoms with Crippen LogP contribution in [0.15, 0.2) is 24.3 Å². The average molecular weight is 281 g/mol. The average Bonchev–Trinajstić information content (AvgIpc) is 2.32. The summed E-state index contributed by atoms with van der Waals surface area (Å²) in [6.45, 7) is 3.19. The minimum absolute atomic E-state index is 0.0275. The van der Waals surface area contributed by atoms with Gasteiger partial charge in [-0.3, -0.25) is 10.3 Å². The highest BCUT2D eigenvalue weighted by Gasteiger charge is 2.27. The summed E-state index contributed by atoms with van der Waals surface area (Å²) >= 11 is 0. The van der Waals surface area contributed by atoms with Gasteiger partial charge in [0.25, 0.3) is 0 Å². The number of nitrogens with zero attached hydrogens (tertiary/aromatic N) is 1. The van der Waals surface area contributed by atoms with Gasteiger partial charge in [0.15, 0.2) is 9.84 Å².